The number of nitrogens with one attached hydrogen (secondary N) is 2. The standard InChI is InChI=1S/C17H30N4O/c1-16(2,3)21-15-12-18-14(11-19-15)10-17(4,5)20-13-6-8-22-9-7-13/h11-13,20H,6-10H2,1-5H3,(H,19,21). The maximum absolute atomic E-state index is 5.42. The van der Waals surface area contributed by atoms with E-state index in [9.17, 15) is 0 Å². The van der Waals surface area contributed by atoms with Crippen LogP contribution in [0.15, 0.2) is 12.4 Å². The predicted molar refractivity (Wildman–Crippen MR) is 90.2 cm³/mol. The zero-order valence-electron chi connectivity index (χ0n) is 14.6. The van der Waals surface area contributed by atoms with Crippen LogP contribution >= 0.6 is 0 Å². The molecule has 22 heavy (non-hydrogen) atoms. The molecule has 2 N–H and O–H groups in total. The van der Waals surface area contributed by atoms with E-state index in [4.69, 9.17) is 4.74 Å². The fourth-order valence-electron chi connectivity index (χ4n) is 2.79. The summed E-state index contributed by atoms with van der Waals surface area (Å²) in [6.07, 6.45) is 6.74. The molecule has 5 nitrogen and oxygen atoms in total. The van der Waals surface area contributed by atoms with Crippen molar-refractivity contribution in [1.29, 1.82) is 0 Å². The minimum atomic E-state index is 0.0000756. The third-order valence-corrected chi connectivity index (χ3v) is 3.65. The largest absolute Gasteiger partial charge is 0.381 e. The van der Waals surface area contributed by atoms with Gasteiger partial charge in [-0.1, -0.05) is 0 Å². The summed E-state index contributed by atoms with van der Waals surface area (Å²) in [5, 5.41) is 7.07. The van der Waals surface area contributed by atoms with Crippen molar-refractivity contribution in [3.8, 4) is 0 Å². The first-order chi connectivity index (χ1) is 10.2. The number of anilines is 1. The average Bonchev–Trinajstić information content (AvgIpc) is 2.39. The molecule has 0 spiro atoms. The first-order valence-electron chi connectivity index (χ1n) is 8.18. The Morgan fingerprint density at radius 1 is 1.09 bits per heavy atom. The topological polar surface area (TPSA) is 59.1 Å². The third-order valence-electron chi connectivity index (χ3n) is 3.65. The number of nitrogens with zero attached hydrogens (tertiary/aromatic N) is 2. The Kier molecular flexibility index (Phi) is 5.40. The molecule has 1 fully saturated rings. The monoisotopic (exact) mass is 306 g/mol. The number of hydrogen-bond acceptors (Lipinski definition) is 5. The summed E-state index contributed by atoms with van der Waals surface area (Å²) >= 11 is 0. The highest BCUT2D eigenvalue weighted by molar-refractivity contribution is 5.34. The summed E-state index contributed by atoms with van der Waals surface area (Å²) in [6, 6.07) is 0.540. The maximum Gasteiger partial charge on any atom is 0.144 e. The minimum Gasteiger partial charge on any atom is -0.381 e. The van der Waals surface area contributed by atoms with E-state index in [1.54, 1.807) is 0 Å². The van der Waals surface area contributed by atoms with Crippen molar-refractivity contribution in [3.05, 3.63) is 18.1 Å². The molecular weight excluding hydrogens is 276 g/mol. The highest BCUT2D eigenvalue weighted by Crippen LogP contribution is 2.17. The lowest BCUT2D eigenvalue weighted by Gasteiger charge is -2.33. The van der Waals surface area contributed by atoms with Crippen LogP contribution in [0.2, 0.25) is 0 Å². The number of ether oxygens (including phenoxy) is 1. The molecule has 2 heterocycles. The summed E-state index contributed by atoms with van der Waals surface area (Å²) in [7, 11) is 0. The van der Waals surface area contributed by atoms with Crippen molar-refractivity contribution >= 4 is 5.82 Å². The first kappa shape index (κ1) is 17.2. The van der Waals surface area contributed by atoms with Gasteiger partial charge in [-0.05, 0) is 47.5 Å². The van der Waals surface area contributed by atoms with Gasteiger partial charge in [0.05, 0.1) is 18.1 Å². The van der Waals surface area contributed by atoms with Gasteiger partial charge in [0.25, 0.3) is 0 Å². The number of aromatic nitrogens is 2. The molecule has 1 aromatic heterocycles. The second-order valence-corrected chi connectivity index (χ2v) is 7.86. The van der Waals surface area contributed by atoms with Crippen molar-refractivity contribution in [2.24, 2.45) is 0 Å². The van der Waals surface area contributed by atoms with Gasteiger partial charge in [0, 0.05) is 36.8 Å². The van der Waals surface area contributed by atoms with Gasteiger partial charge in [-0.2, -0.15) is 0 Å². The highest BCUT2D eigenvalue weighted by Gasteiger charge is 2.24. The Labute approximate surface area is 134 Å². The Bertz CT molecular complexity index is 459. The maximum atomic E-state index is 5.42. The van der Waals surface area contributed by atoms with Gasteiger partial charge in [-0.3, -0.25) is 4.98 Å². The quantitative estimate of drug-likeness (QED) is 0.876. The molecule has 1 aromatic rings. The predicted octanol–water partition coefficient (Wildman–Crippen LogP) is 2.78. The van der Waals surface area contributed by atoms with Crippen molar-refractivity contribution in [3.63, 3.8) is 0 Å². The molecule has 0 aliphatic carbocycles. The van der Waals surface area contributed by atoms with Crippen LogP contribution in [0.5, 0.6) is 0 Å². The fraction of sp³-hybridized carbons (Fsp3) is 0.765. The van der Waals surface area contributed by atoms with Gasteiger partial charge in [-0.15, -0.1) is 0 Å². The molecule has 0 aromatic carbocycles. The molecule has 0 unspecified atom stereocenters. The lowest BCUT2D eigenvalue weighted by molar-refractivity contribution is 0.0701. The lowest BCUT2D eigenvalue weighted by atomic mass is 9.95. The van der Waals surface area contributed by atoms with Crippen molar-refractivity contribution in [1.82, 2.24) is 15.3 Å². The van der Waals surface area contributed by atoms with Crippen molar-refractivity contribution in [2.75, 3.05) is 18.5 Å². The molecule has 1 aliphatic heterocycles. The molecule has 0 radical (unpaired) electrons. The Morgan fingerprint density at radius 3 is 2.32 bits per heavy atom. The molecule has 2 rings (SSSR count). The summed E-state index contributed by atoms with van der Waals surface area (Å²) in [6.45, 7) is 12.5. The van der Waals surface area contributed by atoms with Crippen LogP contribution in [0.4, 0.5) is 5.82 Å². The fourth-order valence-corrected chi connectivity index (χ4v) is 2.79. The molecule has 124 valence electrons. The molecule has 5 heteroatoms. The van der Waals surface area contributed by atoms with Crippen molar-refractivity contribution in [2.45, 2.75) is 71.0 Å². The summed E-state index contributed by atoms with van der Waals surface area (Å²) in [5.74, 6) is 0.825. The number of hydrogen-bond donors (Lipinski definition) is 2. The Balaban J connectivity index is 1.91. The van der Waals surface area contributed by atoms with Gasteiger partial charge in [0.2, 0.25) is 0 Å². The van der Waals surface area contributed by atoms with E-state index < -0.39 is 0 Å². The number of rotatable bonds is 5. The van der Waals surface area contributed by atoms with E-state index >= 15 is 0 Å². The zero-order valence-corrected chi connectivity index (χ0v) is 14.6. The van der Waals surface area contributed by atoms with Crippen LogP contribution in [0.3, 0.4) is 0 Å². The summed E-state index contributed by atoms with van der Waals surface area (Å²) in [4.78, 5) is 9.03. The van der Waals surface area contributed by atoms with E-state index in [1.807, 2.05) is 12.4 Å². The summed E-state index contributed by atoms with van der Waals surface area (Å²) < 4.78 is 5.42. The normalized spacial score (nSPS) is 17.5. The van der Waals surface area contributed by atoms with E-state index in [2.05, 4.69) is 55.2 Å². The molecule has 0 atom stereocenters. The molecular formula is C17H30N4O. The third kappa shape index (κ3) is 5.89. The van der Waals surface area contributed by atoms with Crippen LogP contribution in [0.1, 0.15) is 53.2 Å². The molecule has 0 saturated carbocycles. The van der Waals surface area contributed by atoms with Crippen LogP contribution < -0.4 is 10.6 Å². The molecule has 0 bridgehead atoms. The van der Waals surface area contributed by atoms with E-state index in [0.717, 1.165) is 44.0 Å². The van der Waals surface area contributed by atoms with Gasteiger partial charge in [0.15, 0.2) is 0 Å². The smallest absolute Gasteiger partial charge is 0.144 e. The minimum absolute atomic E-state index is 0.0000756. The SMILES string of the molecule is CC(C)(C)Nc1cnc(CC(C)(C)NC2CCOCC2)cn1. The highest BCUT2D eigenvalue weighted by atomic mass is 16.5. The Hall–Kier alpha value is -1.20. The molecule has 0 amide bonds. The Morgan fingerprint density at radius 2 is 1.77 bits per heavy atom. The van der Waals surface area contributed by atoms with Crippen molar-refractivity contribution < 1.29 is 4.74 Å². The van der Waals surface area contributed by atoms with Gasteiger partial charge < -0.3 is 15.4 Å². The first-order valence-corrected chi connectivity index (χ1v) is 8.18. The van der Waals surface area contributed by atoms with Crippen LogP contribution in [-0.4, -0.2) is 40.3 Å². The van der Waals surface area contributed by atoms with Crippen LogP contribution in [-0.2, 0) is 11.2 Å². The van der Waals surface area contributed by atoms with Crippen LogP contribution in [0.25, 0.3) is 0 Å². The second-order valence-electron chi connectivity index (χ2n) is 7.86. The molecule has 1 saturated heterocycles. The zero-order chi connectivity index (χ0) is 16.2. The van der Waals surface area contributed by atoms with E-state index in [-0.39, 0.29) is 11.1 Å². The van der Waals surface area contributed by atoms with Gasteiger partial charge in [0.1, 0.15) is 5.82 Å². The lowest BCUT2D eigenvalue weighted by Crippen LogP contribution is -2.49. The molecule has 1 aliphatic rings. The van der Waals surface area contributed by atoms with E-state index in [1.165, 1.54) is 0 Å². The van der Waals surface area contributed by atoms with Gasteiger partial charge >= 0.3 is 0 Å². The summed E-state index contributed by atoms with van der Waals surface area (Å²) in [5.41, 5.74) is 1.03. The van der Waals surface area contributed by atoms with Crippen LogP contribution in [0, 0.1) is 0 Å². The van der Waals surface area contributed by atoms with Gasteiger partial charge in [-0.25, -0.2) is 4.98 Å². The average molecular weight is 306 g/mol. The van der Waals surface area contributed by atoms with E-state index in [0.29, 0.717) is 6.04 Å². The second kappa shape index (κ2) is 6.92.